The van der Waals surface area contributed by atoms with Gasteiger partial charge in [0.2, 0.25) is 10.0 Å². The first-order valence-electron chi connectivity index (χ1n) is 6.86. The highest BCUT2D eigenvalue weighted by Gasteiger charge is 2.26. The Bertz CT molecular complexity index is 480. The Hall–Kier alpha value is -0.890. The second-order valence-electron chi connectivity index (χ2n) is 4.93. The fourth-order valence-corrected chi connectivity index (χ4v) is 3.36. The Labute approximate surface area is 120 Å². The number of nitrogens with zero attached hydrogens (tertiary/aromatic N) is 1. The number of hydrogen-bond donors (Lipinski definition) is 1. The molecule has 2 heterocycles. The first-order chi connectivity index (χ1) is 9.62. The van der Waals surface area contributed by atoms with Crippen molar-refractivity contribution in [1.29, 1.82) is 0 Å². The summed E-state index contributed by atoms with van der Waals surface area (Å²) < 4.78 is 36.6. The summed E-state index contributed by atoms with van der Waals surface area (Å²) in [5, 5.41) is 0. The fourth-order valence-electron chi connectivity index (χ4n) is 2.41. The quantitative estimate of drug-likeness (QED) is 0.775. The van der Waals surface area contributed by atoms with E-state index >= 15 is 0 Å². The predicted molar refractivity (Wildman–Crippen MR) is 75.9 cm³/mol. The maximum Gasteiger partial charge on any atom is 0.213 e. The highest BCUT2D eigenvalue weighted by atomic mass is 32.2. The Kier molecular flexibility index (Phi) is 5.59. The van der Waals surface area contributed by atoms with Crippen molar-refractivity contribution in [3.8, 4) is 0 Å². The first kappa shape index (κ1) is 15.5. The minimum absolute atomic E-state index is 0.0195. The van der Waals surface area contributed by atoms with Crippen LogP contribution in [0.4, 0.5) is 0 Å². The summed E-state index contributed by atoms with van der Waals surface area (Å²) in [6.45, 7) is 2.49. The number of furan rings is 1. The molecular formula is C13H22N2O4S. The van der Waals surface area contributed by atoms with Crippen LogP contribution in [0.2, 0.25) is 0 Å². The van der Waals surface area contributed by atoms with Gasteiger partial charge < -0.3 is 9.15 Å². The minimum Gasteiger partial charge on any atom is -0.468 e. The van der Waals surface area contributed by atoms with Gasteiger partial charge in [-0.3, -0.25) is 4.90 Å². The molecule has 1 aromatic rings. The first-order valence-corrected chi connectivity index (χ1v) is 8.51. The molecule has 20 heavy (non-hydrogen) atoms. The van der Waals surface area contributed by atoms with Crippen LogP contribution >= 0.6 is 0 Å². The average Bonchev–Trinajstić information content (AvgIpc) is 3.09. The van der Waals surface area contributed by atoms with E-state index in [-0.39, 0.29) is 18.4 Å². The van der Waals surface area contributed by atoms with Gasteiger partial charge in [0, 0.05) is 13.7 Å². The summed E-state index contributed by atoms with van der Waals surface area (Å²) in [6, 6.07) is 3.69. The number of methoxy groups -OCH3 is 1. The number of ether oxygens (including phenoxy) is 1. The van der Waals surface area contributed by atoms with Gasteiger partial charge in [-0.05, 0) is 38.1 Å². The van der Waals surface area contributed by atoms with E-state index in [9.17, 15) is 8.42 Å². The molecule has 1 saturated heterocycles. The van der Waals surface area contributed by atoms with Crippen LogP contribution in [0, 0.1) is 0 Å². The number of nitrogens with one attached hydrogen (secondary N) is 1. The number of hydrogen-bond acceptors (Lipinski definition) is 5. The smallest absolute Gasteiger partial charge is 0.213 e. The lowest BCUT2D eigenvalue weighted by molar-refractivity contribution is 0.212. The predicted octanol–water partition coefficient (Wildman–Crippen LogP) is 0.982. The lowest BCUT2D eigenvalue weighted by Gasteiger charge is -2.25. The molecule has 0 aliphatic carbocycles. The lowest BCUT2D eigenvalue weighted by atomic mass is 10.2. The highest BCUT2D eigenvalue weighted by Crippen LogP contribution is 2.24. The highest BCUT2D eigenvalue weighted by molar-refractivity contribution is 7.89. The Morgan fingerprint density at radius 2 is 2.20 bits per heavy atom. The van der Waals surface area contributed by atoms with Crippen molar-refractivity contribution in [2.24, 2.45) is 0 Å². The van der Waals surface area contributed by atoms with Gasteiger partial charge in [-0.25, -0.2) is 13.1 Å². The molecule has 1 aliphatic rings. The van der Waals surface area contributed by atoms with Crippen LogP contribution in [0.15, 0.2) is 22.8 Å². The summed E-state index contributed by atoms with van der Waals surface area (Å²) in [4.78, 5) is 2.26. The summed E-state index contributed by atoms with van der Waals surface area (Å²) in [5.41, 5.74) is 0. The van der Waals surface area contributed by atoms with Crippen molar-refractivity contribution in [2.75, 3.05) is 39.1 Å². The molecule has 114 valence electrons. The molecule has 0 aromatic carbocycles. The standard InChI is InChI=1S/C13H22N2O4S/c1-18-9-10-20(16,17)14-11-12(13-5-4-8-19-13)15-6-2-3-7-15/h4-5,8,12,14H,2-3,6-7,9-11H2,1H3. The van der Waals surface area contributed by atoms with Crippen molar-refractivity contribution in [2.45, 2.75) is 18.9 Å². The Balaban J connectivity index is 1.98. The van der Waals surface area contributed by atoms with Gasteiger partial charge in [0.15, 0.2) is 0 Å². The molecule has 2 rings (SSSR count). The maximum atomic E-state index is 11.8. The van der Waals surface area contributed by atoms with Gasteiger partial charge >= 0.3 is 0 Å². The van der Waals surface area contributed by atoms with Gasteiger partial charge in [-0.15, -0.1) is 0 Å². The van der Waals surface area contributed by atoms with Gasteiger partial charge in [-0.1, -0.05) is 0 Å². The SMILES string of the molecule is COCCS(=O)(=O)NCC(c1ccco1)N1CCCC1. The van der Waals surface area contributed by atoms with Crippen molar-refractivity contribution in [3.05, 3.63) is 24.2 Å². The van der Waals surface area contributed by atoms with Crippen molar-refractivity contribution < 1.29 is 17.6 Å². The van der Waals surface area contributed by atoms with Gasteiger partial charge in [0.1, 0.15) is 5.76 Å². The molecule has 0 bridgehead atoms. The van der Waals surface area contributed by atoms with Crippen molar-refractivity contribution >= 4 is 10.0 Å². The summed E-state index contributed by atoms with van der Waals surface area (Å²) in [7, 11) is -1.81. The molecule has 1 aliphatic heterocycles. The van der Waals surface area contributed by atoms with E-state index in [1.807, 2.05) is 12.1 Å². The van der Waals surface area contributed by atoms with E-state index in [2.05, 4.69) is 9.62 Å². The van der Waals surface area contributed by atoms with Crippen LogP contribution in [-0.2, 0) is 14.8 Å². The zero-order valence-electron chi connectivity index (χ0n) is 11.7. The van der Waals surface area contributed by atoms with E-state index in [0.29, 0.717) is 6.54 Å². The molecule has 1 atom stereocenters. The molecule has 1 N–H and O–H groups in total. The van der Waals surface area contributed by atoms with Crippen LogP contribution in [0.5, 0.6) is 0 Å². The molecule has 1 unspecified atom stereocenters. The monoisotopic (exact) mass is 302 g/mol. The second-order valence-corrected chi connectivity index (χ2v) is 6.86. The minimum atomic E-state index is -3.30. The molecule has 6 nitrogen and oxygen atoms in total. The topological polar surface area (TPSA) is 71.8 Å². The second kappa shape index (κ2) is 7.21. The Morgan fingerprint density at radius 1 is 1.45 bits per heavy atom. The van der Waals surface area contributed by atoms with Gasteiger partial charge in [-0.2, -0.15) is 0 Å². The van der Waals surface area contributed by atoms with E-state index in [4.69, 9.17) is 9.15 Å². The number of sulfonamides is 1. The van der Waals surface area contributed by atoms with Crippen LogP contribution in [0.25, 0.3) is 0 Å². The zero-order chi connectivity index (χ0) is 14.4. The largest absolute Gasteiger partial charge is 0.468 e. The van der Waals surface area contributed by atoms with Crippen LogP contribution in [-0.4, -0.2) is 52.4 Å². The van der Waals surface area contributed by atoms with Gasteiger partial charge in [0.25, 0.3) is 0 Å². The molecule has 0 radical (unpaired) electrons. The molecule has 0 amide bonds. The third-order valence-corrected chi connectivity index (χ3v) is 4.82. The molecular weight excluding hydrogens is 280 g/mol. The van der Waals surface area contributed by atoms with Crippen LogP contribution < -0.4 is 4.72 Å². The number of rotatable bonds is 8. The zero-order valence-corrected chi connectivity index (χ0v) is 12.6. The van der Waals surface area contributed by atoms with E-state index in [1.165, 1.54) is 7.11 Å². The summed E-state index contributed by atoms with van der Waals surface area (Å²) >= 11 is 0. The third-order valence-electron chi connectivity index (χ3n) is 3.51. The fraction of sp³-hybridized carbons (Fsp3) is 0.692. The molecule has 1 fully saturated rings. The molecule has 1 aromatic heterocycles. The molecule has 0 spiro atoms. The maximum absolute atomic E-state index is 11.8. The van der Waals surface area contributed by atoms with E-state index in [1.54, 1.807) is 6.26 Å². The van der Waals surface area contributed by atoms with Crippen LogP contribution in [0.3, 0.4) is 0 Å². The van der Waals surface area contributed by atoms with Gasteiger partial charge in [0.05, 0.1) is 24.7 Å². The average molecular weight is 302 g/mol. The lowest BCUT2D eigenvalue weighted by Crippen LogP contribution is -2.38. The summed E-state index contributed by atoms with van der Waals surface area (Å²) in [5.74, 6) is 0.787. The van der Waals surface area contributed by atoms with E-state index in [0.717, 1.165) is 31.7 Å². The molecule has 0 saturated carbocycles. The normalized spacial score (nSPS) is 18.4. The molecule has 7 heteroatoms. The van der Waals surface area contributed by atoms with Crippen LogP contribution in [0.1, 0.15) is 24.6 Å². The van der Waals surface area contributed by atoms with E-state index < -0.39 is 10.0 Å². The summed E-state index contributed by atoms with van der Waals surface area (Å²) in [6.07, 6.45) is 3.92. The number of likely N-dealkylation sites (tertiary alicyclic amines) is 1. The van der Waals surface area contributed by atoms with Crippen molar-refractivity contribution in [1.82, 2.24) is 9.62 Å². The third kappa shape index (κ3) is 4.31. The Morgan fingerprint density at radius 3 is 2.80 bits per heavy atom. The van der Waals surface area contributed by atoms with Crippen molar-refractivity contribution in [3.63, 3.8) is 0 Å².